The lowest BCUT2D eigenvalue weighted by molar-refractivity contribution is -0.131. The number of benzene rings is 1. The van der Waals surface area contributed by atoms with Crippen molar-refractivity contribution in [2.45, 2.75) is 13.1 Å². The number of likely N-dealkylation sites (N-methyl/N-ethyl adjacent to an activating group) is 1. The van der Waals surface area contributed by atoms with Crippen LogP contribution in [0.5, 0.6) is 0 Å². The SMILES string of the molecule is CN(Cc1ccc(Cl)s1)C(=O)Cn1cnc2c(cnn2-c2ccccc2)c1=O. The average Bonchev–Trinajstić information content (AvgIpc) is 3.31. The Balaban J connectivity index is 1.57. The molecule has 142 valence electrons. The van der Waals surface area contributed by atoms with Crippen molar-refractivity contribution in [2.75, 3.05) is 7.05 Å². The smallest absolute Gasteiger partial charge is 0.264 e. The third-order valence-electron chi connectivity index (χ3n) is 4.31. The number of amides is 1. The van der Waals surface area contributed by atoms with Crippen LogP contribution in [0.25, 0.3) is 16.7 Å². The first-order valence-corrected chi connectivity index (χ1v) is 9.69. The third kappa shape index (κ3) is 3.56. The standard InChI is InChI=1S/C19H16ClN5O2S/c1-23(10-14-7-8-16(20)28-14)17(26)11-24-12-21-18-15(19(24)27)9-22-25(18)13-5-3-2-4-6-13/h2-9,12H,10-11H2,1H3. The zero-order valence-corrected chi connectivity index (χ0v) is 16.5. The van der Waals surface area contributed by atoms with E-state index in [1.165, 1.54) is 28.4 Å². The quantitative estimate of drug-likeness (QED) is 0.504. The maximum atomic E-state index is 12.8. The lowest BCUT2D eigenvalue weighted by Gasteiger charge is -2.16. The van der Waals surface area contributed by atoms with E-state index in [-0.39, 0.29) is 18.0 Å². The molecule has 0 aliphatic carbocycles. The first-order chi connectivity index (χ1) is 13.5. The van der Waals surface area contributed by atoms with Gasteiger partial charge in [-0.05, 0) is 24.3 Å². The van der Waals surface area contributed by atoms with Crippen molar-refractivity contribution < 1.29 is 4.79 Å². The van der Waals surface area contributed by atoms with Crippen LogP contribution in [-0.4, -0.2) is 37.2 Å². The van der Waals surface area contributed by atoms with E-state index in [0.717, 1.165) is 10.6 Å². The fourth-order valence-electron chi connectivity index (χ4n) is 2.84. The number of carbonyl (C=O) groups is 1. The van der Waals surface area contributed by atoms with Crippen LogP contribution in [0, 0.1) is 0 Å². The van der Waals surface area contributed by atoms with Crippen LogP contribution in [-0.2, 0) is 17.9 Å². The normalized spacial score (nSPS) is 11.1. The van der Waals surface area contributed by atoms with Gasteiger partial charge in [0.1, 0.15) is 18.3 Å². The van der Waals surface area contributed by atoms with Crippen LogP contribution in [0.2, 0.25) is 4.34 Å². The molecule has 0 N–H and O–H groups in total. The maximum Gasteiger partial charge on any atom is 0.264 e. The van der Waals surface area contributed by atoms with Crippen molar-refractivity contribution in [3.05, 3.63) is 74.6 Å². The van der Waals surface area contributed by atoms with Gasteiger partial charge < -0.3 is 4.90 Å². The summed E-state index contributed by atoms with van der Waals surface area (Å²) in [6.07, 6.45) is 2.87. The molecule has 1 aromatic carbocycles. The Kier molecular flexibility index (Phi) is 4.97. The number of aromatic nitrogens is 4. The molecular formula is C19H16ClN5O2S. The largest absolute Gasteiger partial charge is 0.339 e. The minimum atomic E-state index is -0.298. The second-order valence-electron chi connectivity index (χ2n) is 6.26. The van der Waals surface area contributed by atoms with Gasteiger partial charge in [-0.25, -0.2) is 9.67 Å². The van der Waals surface area contributed by atoms with Gasteiger partial charge in [0.15, 0.2) is 5.65 Å². The summed E-state index contributed by atoms with van der Waals surface area (Å²) >= 11 is 7.35. The lowest BCUT2D eigenvalue weighted by Crippen LogP contribution is -2.33. The van der Waals surface area contributed by atoms with E-state index in [2.05, 4.69) is 10.1 Å². The highest BCUT2D eigenvalue weighted by Gasteiger charge is 2.15. The number of hydrogen-bond acceptors (Lipinski definition) is 5. The van der Waals surface area contributed by atoms with Gasteiger partial charge in [-0.3, -0.25) is 14.2 Å². The Morgan fingerprint density at radius 2 is 2.00 bits per heavy atom. The molecule has 3 heterocycles. The van der Waals surface area contributed by atoms with Crippen molar-refractivity contribution >= 4 is 39.9 Å². The fraction of sp³-hybridized carbons (Fsp3) is 0.158. The van der Waals surface area contributed by atoms with Gasteiger partial charge in [0.05, 0.1) is 22.8 Å². The number of halogens is 1. The van der Waals surface area contributed by atoms with Gasteiger partial charge >= 0.3 is 0 Å². The molecule has 0 aliphatic heterocycles. The monoisotopic (exact) mass is 413 g/mol. The van der Waals surface area contributed by atoms with Gasteiger partial charge in [0.25, 0.3) is 5.56 Å². The maximum absolute atomic E-state index is 12.8. The number of fused-ring (bicyclic) bond motifs is 1. The van der Waals surface area contributed by atoms with Crippen LogP contribution in [0.3, 0.4) is 0 Å². The van der Waals surface area contributed by atoms with Crippen molar-refractivity contribution in [3.63, 3.8) is 0 Å². The van der Waals surface area contributed by atoms with E-state index >= 15 is 0 Å². The molecular weight excluding hydrogens is 398 g/mol. The molecule has 3 aromatic heterocycles. The molecule has 28 heavy (non-hydrogen) atoms. The summed E-state index contributed by atoms with van der Waals surface area (Å²) in [5, 5.41) is 4.64. The molecule has 0 atom stereocenters. The second kappa shape index (κ2) is 7.57. The van der Waals surface area contributed by atoms with Gasteiger partial charge in [0, 0.05) is 11.9 Å². The Morgan fingerprint density at radius 3 is 2.71 bits per heavy atom. The molecule has 9 heteroatoms. The van der Waals surface area contributed by atoms with Gasteiger partial charge in [0.2, 0.25) is 5.91 Å². The number of rotatable bonds is 5. The van der Waals surface area contributed by atoms with Gasteiger partial charge in [-0.15, -0.1) is 11.3 Å². The number of para-hydroxylation sites is 1. The molecule has 4 rings (SSSR count). The zero-order valence-electron chi connectivity index (χ0n) is 14.9. The summed E-state index contributed by atoms with van der Waals surface area (Å²) in [6, 6.07) is 13.1. The topological polar surface area (TPSA) is 73.0 Å². The summed E-state index contributed by atoms with van der Waals surface area (Å²) in [5.41, 5.74) is 0.974. The molecule has 0 unspecified atom stereocenters. The molecule has 0 aliphatic rings. The highest BCUT2D eigenvalue weighted by Crippen LogP contribution is 2.22. The number of thiophene rings is 1. The molecule has 0 fully saturated rings. The van der Waals surface area contributed by atoms with Crippen LogP contribution in [0.15, 0.2) is 59.8 Å². The molecule has 0 saturated heterocycles. The van der Waals surface area contributed by atoms with E-state index in [9.17, 15) is 9.59 Å². The van der Waals surface area contributed by atoms with E-state index in [4.69, 9.17) is 11.6 Å². The van der Waals surface area contributed by atoms with Crippen LogP contribution in [0.4, 0.5) is 0 Å². The second-order valence-corrected chi connectivity index (χ2v) is 8.06. The molecule has 0 spiro atoms. The molecule has 0 bridgehead atoms. The fourth-order valence-corrected chi connectivity index (χ4v) is 3.99. The Bertz CT molecular complexity index is 1200. The van der Waals surface area contributed by atoms with Crippen LogP contribution in [0.1, 0.15) is 4.88 Å². The first kappa shape index (κ1) is 18.4. The Morgan fingerprint density at radius 1 is 1.21 bits per heavy atom. The molecule has 0 radical (unpaired) electrons. The van der Waals surface area contributed by atoms with Crippen molar-refractivity contribution in [3.8, 4) is 5.69 Å². The average molecular weight is 414 g/mol. The van der Waals surface area contributed by atoms with E-state index in [1.807, 2.05) is 36.4 Å². The lowest BCUT2D eigenvalue weighted by atomic mass is 10.3. The molecule has 0 saturated carbocycles. The van der Waals surface area contributed by atoms with Crippen molar-refractivity contribution in [1.29, 1.82) is 0 Å². The minimum absolute atomic E-state index is 0.0894. The summed E-state index contributed by atoms with van der Waals surface area (Å²) in [4.78, 5) is 32.2. The summed E-state index contributed by atoms with van der Waals surface area (Å²) in [5.74, 6) is -0.191. The minimum Gasteiger partial charge on any atom is -0.339 e. The zero-order chi connectivity index (χ0) is 19.7. The number of carbonyl (C=O) groups excluding carboxylic acids is 1. The molecule has 1 amide bonds. The summed E-state index contributed by atoms with van der Waals surface area (Å²) in [7, 11) is 1.69. The first-order valence-electron chi connectivity index (χ1n) is 8.49. The predicted molar refractivity (Wildman–Crippen MR) is 109 cm³/mol. The van der Waals surface area contributed by atoms with Crippen molar-refractivity contribution in [1.82, 2.24) is 24.2 Å². The number of nitrogens with zero attached hydrogens (tertiary/aromatic N) is 5. The summed E-state index contributed by atoms with van der Waals surface area (Å²) < 4.78 is 3.59. The van der Waals surface area contributed by atoms with Gasteiger partial charge in [-0.1, -0.05) is 29.8 Å². The highest BCUT2D eigenvalue weighted by atomic mass is 35.5. The highest BCUT2D eigenvalue weighted by molar-refractivity contribution is 7.16. The Hall–Kier alpha value is -2.97. The van der Waals surface area contributed by atoms with E-state index < -0.39 is 0 Å². The Labute approximate surface area is 169 Å². The van der Waals surface area contributed by atoms with Crippen LogP contribution < -0.4 is 5.56 Å². The molecule has 7 nitrogen and oxygen atoms in total. The van der Waals surface area contributed by atoms with Crippen LogP contribution >= 0.6 is 22.9 Å². The third-order valence-corrected chi connectivity index (χ3v) is 5.52. The van der Waals surface area contributed by atoms with Gasteiger partial charge in [-0.2, -0.15) is 5.10 Å². The molecule has 4 aromatic rings. The van der Waals surface area contributed by atoms with E-state index in [1.54, 1.807) is 22.7 Å². The predicted octanol–water partition coefficient (Wildman–Crippen LogP) is 2.96. The number of hydrogen-bond donors (Lipinski definition) is 0. The van der Waals surface area contributed by atoms with Crippen molar-refractivity contribution in [2.24, 2.45) is 0 Å². The van der Waals surface area contributed by atoms with E-state index in [0.29, 0.717) is 21.9 Å². The summed E-state index contributed by atoms with van der Waals surface area (Å²) in [6.45, 7) is 0.348.